The molecule has 0 saturated heterocycles. The van der Waals surface area contributed by atoms with Crippen LogP contribution in [0.4, 0.5) is 4.39 Å². The van der Waals surface area contributed by atoms with Crippen molar-refractivity contribution in [1.82, 2.24) is 0 Å². The Morgan fingerprint density at radius 1 is 1.46 bits per heavy atom. The number of benzene rings is 1. The molecule has 13 heavy (non-hydrogen) atoms. The molecule has 1 rings (SSSR count). The predicted octanol–water partition coefficient (Wildman–Crippen LogP) is 3.92. The van der Waals surface area contributed by atoms with Crippen molar-refractivity contribution in [3.63, 3.8) is 0 Å². The fraction of sp³-hybridized carbons (Fsp3) is 0.364. The first-order valence-electron chi connectivity index (χ1n) is 4.36. The van der Waals surface area contributed by atoms with E-state index in [4.69, 9.17) is 0 Å². The second kappa shape index (κ2) is 4.75. The first kappa shape index (κ1) is 10.7. The molecule has 0 amide bonds. The SMILES string of the molecule is CCc1c(Br)cccc1[C](C)CF. The summed E-state index contributed by atoms with van der Waals surface area (Å²) >= 11 is 3.47. The van der Waals surface area contributed by atoms with Gasteiger partial charge < -0.3 is 0 Å². The molecule has 0 aliphatic carbocycles. The molecule has 0 atom stereocenters. The molecule has 1 radical (unpaired) electrons. The van der Waals surface area contributed by atoms with E-state index in [-0.39, 0.29) is 6.67 Å². The summed E-state index contributed by atoms with van der Waals surface area (Å²) in [7, 11) is 0. The van der Waals surface area contributed by atoms with E-state index in [1.807, 2.05) is 25.1 Å². The Hall–Kier alpha value is -0.370. The average molecular weight is 244 g/mol. The summed E-state index contributed by atoms with van der Waals surface area (Å²) in [6.45, 7) is 3.54. The van der Waals surface area contributed by atoms with Gasteiger partial charge in [-0.3, -0.25) is 4.39 Å². The highest BCUT2D eigenvalue weighted by atomic mass is 79.9. The van der Waals surface area contributed by atoms with Crippen LogP contribution in [0.1, 0.15) is 25.0 Å². The molecule has 0 saturated carbocycles. The van der Waals surface area contributed by atoms with Gasteiger partial charge in [-0.25, -0.2) is 0 Å². The number of alkyl halides is 1. The zero-order valence-corrected chi connectivity index (χ0v) is 9.49. The summed E-state index contributed by atoms with van der Waals surface area (Å²) in [5.41, 5.74) is 2.23. The van der Waals surface area contributed by atoms with Gasteiger partial charge >= 0.3 is 0 Å². The quantitative estimate of drug-likeness (QED) is 0.755. The molecule has 0 fully saturated rings. The third-order valence-electron chi connectivity index (χ3n) is 2.13. The van der Waals surface area contributed by atoms with Crippen molar-refractivity contribution in [3.05, 3.63) is 39.7 Å². The number of rotatable bonds is 3. The van der Waals surface area contributed by atoms with Gasteiger partial charge in [-0.1, -0.05) is 41.9 Å². The van der Waals surface area contributed by atoms with Gasteiger partial charge in [-0.15, -0.1) is 0 Å². The molecule has 0 unspecified atom stereocenters. The highest BCUT2D eigenvalue weighted by Crippen LogP contribution is 2.26. The topological polar surface area (TPSA) is 0 Å². The molecule has 0 nitrogen and oxygen atoms in total. The molecule has 1 aromatic rings. The summed E-state index contributed by atoms with van der Waals surface area (Å²) in [5, 5.41) is 0. The van der Waals surface area contributed by atoms with E-state index in [2.05, 4.69) is 22.9 Å². The standard InChI is InChI=1S/C11H13BrF/c1-3-9-10(8(2)7-13)5-4-6-11(9)12/h4-6H,3,7H2,1-2H3. The minimum Gasteiger partial charge on any atom is -0.250 e. The van der Waals surface area contributed by atoms with Crippen molar-refractivity contribution in [2.24, 2.45) is 0 Å². The number of hydrogen-bond acceptors (Lipinski definition) is 0. The fourth-order valence-electron chi connectivity index (χ4n) is 1.39. The van der Waals surface area contributed by atoms with E-state index in [9.17, 15) is 4.39 Å². The molecule has 0 aliphatic rings. The minimum absolute atomic E-state index is 0.372. The average Bonchev–Trinajstić information content (AvgIpc) is 2.16. The zero-order valence-electron chi connectivity index (χ0n) is 7.90. The van der Waals surface area contributed by atoms with E-state index in [0.717, 1.165) is 22.4 Å². The number of halogens is 2. The first-order chi connectivity index (χ1) is 6.20. The van der Waals surface area contributed by atoms with Crippen LogP contribution in [0.3, 0.4) is 0 Å². The summed E-state index contributed by atoms with van der Waals surface area (Å²) in [4.78, 5) is 0. The van der Waals surface area contributed by atoms with E-state index >= 15 is 0 Å². The molecule has 0 N–H and O–H groups in total. The van der Waals surface area contributed by atoms with Gasteiger partial charge in [0.05, 0.1) is 6.67 Å². The summed E-state index contributed by atoms with van der Waals surface area (Å²) in [5.74, 6) is 0.804. The molecule has 0 spiro atoms. The smallest absolute Gasteiger partial charge is 0.0997 e. The monoisotopic (exact) mass is 243 g/mol. The van der Waals surface area contributed by atoms with Gasteiger partial charge in [0, 0.05) is 10.4 Å². The van der Waals surface area contributed by atoms with Crippen LogP contribution in [0, 0.1) is 5.92 Å². The lowest BCUT2D eigenvalue weighted by atomic mass is 9.95. The van der Waals surface area contributed by atoms with Crippen LogP contribution in [-0.2, 0) is 6.42 Å². The van der Waals surface area contributed by atoms with E-state index in [1.165, 1.54) is 5.56 Å². The molecular formula is C11H13BrF. The Kier molecular flexibility index (Phi) is 3.91. The van der Waals surface area contributed by atoms with Crippen LogP contribution in [0.2, 0.25) is 0 Å². The minimum atomic E-state index is -0.372. The Labute approximate surface area is 87.3 Å². The Bertz CT molecular complexity index is 283. The molecule has 2 heteroatoms. The van der Waals surface area contributed by atoms with Crippen LogP contribution in [0.5, 0.6) is 0 Å². The van der Waals surface area contributed by atoms with Crippen LogP contribution >= 0.6 is 15.9 Å². The highest BCUT2D eigenvalue weighted by molar-refractivity contribution is 9.10. The predicted molar refractivity (Wildman–Crippen MR) is 57.5 cm³/mol. The van der Waals surface area contributed by atoms with Gasteiger partial charge in [0.2, 0.25) is 0 Å². The summed E-state index contributed by atoms with van der Waals surface area (Å²) in [6.07, 6.45) is 0.925. The molecule has 0 aromatic heterocycles. The Morgan fingerprint density at radius 3 is 2.69 bits per heavy atom. The van der Waals surface area contributed by atoms with Crippen molar-refractivity contribution < 1.29 is 4.39 Å². The van der Waals surface area contributed by atoms with E-state index in [1.54, 1.807) is 0 Å². The van der Waals surface area contributed by atoms with E-state index < -0.39 is 0 Å². The number of hydrogen-bond donors (Lipinski definition) is 0. The van der Waals surface area contributed by atoms with Crippen LogP contribution in [0.25, 0.3) is 0 Å². The molecule has 0 bridgehead atoms. The molecular weight excluding hydrogens is 231 g/mol. The van der Waals surface area contributed by atoms with Crippen LogP contribution in [0.15, 0.2) is 22.7 Å². The molecule has 1 aromatic carbocycles. The maximum Gasteiger partial charge on any atom is 0.0997 e. The lowest BCUT2D eigenvalue weighted by Crippen LogP contribution is -2.01. The zero-order chi connectivity index (χ0) is 9.84. The van der Waals surface area contributed by atoms with Crippen LogP contribution in [-0.4, -0.2) is 6.67 Å². The third kappa shape index (κ3) is 2.31. The summed E-state index contributed by atoms with van der Waals surface area (Å²) < 4.78 is 13.5. The molecule has 0 aliphatic heterocycles. The Balaban J connectivity index is 3.12. The third-order valence-corrected chi connectivity index (χ3v) is 2.88. The lowest BCUT2D eigenvalue weighted by molar-refractivity contribution is 0.515. The Morgan fingerprint density at radius 2 is 2.15 bits per heavy atom. The van der Waals surface area contributed by atoms with Gasteiger partial charge in [0.1, 0.15) is 0 Å². The van der Waals surface area contributed by atoms with Gasteiger partial charge in [-0.05, 0) is 23.6 Å². The normalized spacial score (nSPS) is 10.8. The van der Waals surface area contributed by atoms with Crippen molar-refractivity contribution in [1.29, 1.82) is 0 Å². The maximum atomic E-state index is 12.5. The van der Waals surface area contributed by atoms with E-state index in [0.29, 0.717) is 0 Å². The highest BCUT2D eigenvalue weighted by Gasteiger charge is 2.11. The van der Waals surface area contributed by atoms with Gasteiger partial charge in [0.25, 0.3) is 0 Å². The second-order valence-corrected chi connectivity index (χ2v) is 3.89. The van der Waals surface area contributed by atoms with Gasteiger partial charge in [-0.2, -0.15) is 0 Å². The fourth-order valence-corrected chi connectivity index (χ4v) is 2.04. The van der Waals surface area contributed by atoms with Crippen LogP contribution < -0.4 is 0 Å². The largest absolute Gasteiger partial charge is 0.250 e. The lowest BCUT2D eigenvalue weighted by Gasteiger charge is -2.13. The molecule has 71 valence electrons. The van der Waals surface area contributed by atoms with Crippen molar-refractivity contribution in [2.45, 2.75) is 20.3 Å². The molecule has 0 heterocycles. The van der Waals surface area contributed by atoms with Crippen molar-refractivity contribution >= 4 is 15.9 Å². The second-order valence-electron chi connectivity index (χ2n) is 3.03. The summed E-state index contributed by atoms with van der Waals surface area (Å²) in [6, 6.07) is 5.91. The van der Waals surface area contributed by atoms with Gasteiger partial charge in [0.15, 0.2) is 0 Å². The van der Waals surface area contributed by atoms with Crippen molar-refractivity contribution in [2.75, 3.05) is 6.67 Å². The first-order valence-corrected chi connectivity index (χ1v) is 5.16. The maximum absolute atomic E-state index is 12.5. The van der Waals surface area contributed by atoms with Crippen molar-refractivity contribution in [3.8, 4) is 0 Å².